The van der Waals surface area contributed by atoms with E-state index in [1.807, 2.05) is 6.07 Å². The van der Waals surface area contributed by atoms with Gasteiger partial charge in [0.25, 0.3) is 0 Å². The van der Waals surface area contributed by atoms with Gasteiger partial charge in [0.05, 0.1) is 12.1 Å². The van der Waals surface area contributed by atoms with E-state index in [2.05, 4.69) is 20.2 Å². The van der Waals surface area contributed by atoms with Gasteiger partial charge in [-0.3, -0.25) is 0 Å². The van der Waals surface area contributed by atoms with Gasteiger partial charge >= 0.3 is 0 Å². The Hall–Kier alpha value is -2.21. The third kappa shape index (κ3) is 3.33. The Morgan fingerprint density at radius 2 is 2.00 bits per heavy atom. The summed E-state index contributed by atoms with van der Waals surface area (Å²) in [5.74, 6) is 2.11. The summed E-state index contributed by atoms with van der Waals surface area (Å²) in [5, 5.41) is 13.5. The molecular formula is C18H21FN4O. The molecule has 126 valence electrons. The van der Waals surface area contributed by atoms with Gasteiger partial charge < -0.3 is 15.3 Å². The minimum atomic E-state index is -0.419. The zero-order valence-corrected chi connectivity index (χ0v) is 13.4. The minimum absolute atomic E-state index is 0.00761. The number of nitrogens with zero attached hydrogens (tertiary/aromatic N) is 3. The number of rotatable bonds is 5. The summed E-state index contributed by atoms with van der Waals surface area (Å²) < 4.78 is 13.2. The van der Waals surface area contributed by atoms with Crippen molar-refractivity contribution in [2.24, 2.45) is 5.92 Å². The lowest BCUT2D eigenvalue weighted by Gasteiger charge is -2.26. The molecular weight excluding hydrogens is 307 g/mol. The van der Waals surface area contributed by atoms with Gasteiger partial charge in [0.15, 0.2) is 0 Å². The molecule has 1 aliphatic carbocycles. The number of β-amino-alcohol motifs (C(OH)–C–C–N with tert-alkyl or cyclic N) is 1. The van der Waals surface area contributed by atoms with E-state index >= 15 is 0 Å². The normalized spacial score (nSPS) is 23.5. The van der Waals surface area contributed by atoms with Crippen molar-refractivity contribution in [1.82, 2.24) is 9.97 Å². The standard InChI is InChI=1S/C18H21FN4O/c19-14-5-3-13(4-6-14)16-7-15(24)10-23(16)18-8-17(21-11-22-18)20-9-12-1-2-12/h3-6,8,11-12,15-16,24H,1-2,7,9-10H2,(H,20,21,22)/t15-,16-/m1/s1. The van der Waals surface area contributed by atoms with Crippen molar-refractivity contribution in [3.63, 3.8) is 0 Å². The molecule has 0 amide bonds. The molecule has 0 radical (unpaired) electrons. The van der Waals surface area contributed by atoms with E-state index in [0.29, 0.717) is 13.0 Å². The molecule has 2 atom stereocenters. The molecule has 4 rings (SSSR count). The van der Waals surface area contributed by atoms with Crippen molar-refractivity contribution in [3.05, 3.63) is 48.0 Å². The first-order chi connectivity index (χ1) is 11.7. The summed E-state index contributed by atoms with van der Waals surface area (Å²) in [6.45, 7) is 1.46. The molecule has 2 aliphatic rings. The van der Waals surface area contributed by atoms with Crippen molar-refractivity contribution in [2.45, 2.75) is 31.4 Å². The Bertz CT molecular complexity index is 704. The van der Waals surface area contributed by atoms with Crippen LogP contribution < -0.4 is 10.2 Å². The average molecular weight is 328 g/mol. The summed E-state index contributed by atoms with van der Waals surface area (Å²) in [6.07, 6.45) is 4.32. The summed E-state index contributed by atoms with van der Waals surface area (Å²) in [7, 11) is 0. The maximum Gasteiger partial charge on any atom is 0.134 e. The molecule has 2 fully saturated rings. The van der Waals surface area contributed by atoms with E-state index in [1.165, 1.54) is 25.0 Å². The van der Waals surface area contributed by atoms with Crippen LogP contribution in [0.25, 0.3) is 0 Å². The van der Waals surface area contributed by atoms with E-state index in [4.69, 9.17) is 0 Å². The first-order valence-corrected chi connectivity index (χ1v) is 8.45. The second kappa shape index (κ2) is 6.36. The summed E-state index contributed by atoms with van der Waals surface area (Å²) >= 11 is 0. The second-order valence-electron chi connectivity index (χ2n) is 6.69. The maximum atomic E-state index is 13.2. The molecule has 2 N–H and O–H groups in total. The minimum Gasteiger partial charge on any atom is -0.391 e. The van der Waals surface area contributed by atoms with E-state index in [9.17, 15) is 9.50 Å². The van der Waals surface area contributed by atoms with Gasteiger partial charge in [-0.1, -0.05) is 12.1 Å². The SMILES string of the molecule is O[C@@H]1C[C@H](c2ccc(F)cc2)N(c2cc(NCC3CC3)ncn2)C1. The molecule has 0 bridgehead atoms. The number of anilines is 2. The van der Waals surface area contributed by atoms with Gasteiger partial charge in [-0.25, -0.2) is 14.4 Å². The number of halogens is 1. The molecule has 0 unspecified atom stereocenters. The van der Waals surface area contributed by atoms with Gasteiger partial charge in [-0.2, -0.15) is 0 Å². The lowest BCUT2D eigenvalue weighted by Crippen LogP contribution is -2.25. The fraction of sp³-hybridized carbons (Fsp3) is 0.444. The van der Waals surface area contributed by atoms with Crippen LogP contribution in [0, 0.1) is 11.7 Å². The Morgan fingerprint density at radius 1 is 1.21 bits per heavy atom. The molecule has 1 saturated heterocycles. The first-order valence-electron chi connectivity index (χ1n) is 8.45. The molecule has 5 nitrogen and oxygen atoms in total. The van der Waals surface area contributed by atoms with Crippen molar-refractivity contribution < 1.29 is 9.50 Å². The number of hydrogen-bond donors (Lipinski definition) is 2. The number of aliphatic hydroxyl groups is 1. The van der Waals surface area contributed by atoms with Crippen LogP contribution in [0.5, 0.6) is 0 Å². The zero-order valence-electron chi connectivity index (χ0n) is 13.4. The number of benzene rings is 1. The number of aliphatic hydroxyl groups excluding tert-OH is 1. The maximum absolute atomic E-state index is 13.2. The van der Waals surface area contributed by atoms with Crippen LogP contribution in [-0.4, -0.2) is 34.3 Å². The predicted molar refractivity (Wildman–Crippen MR) is 90.4 cm³/mol. The highest BCUT2D eigenvalue weighted by molar-refractivity contribution is 5.51. The molecule has 6 heteroatoms. The lowest BCUT2D eigenvalue weighted by molar-refractivity contribution is 0.194. The van der Waals surface area contributed by atoms with Crippen LogP contribution in [0.15, 0.2) is 36.7 Å². The lowest BCUT2D eigenvalue weighted by atomic mass is 10.0. The van der Waals surface area contributed by atoms with Gasteiger partial charge in [0.2, 0.25) is 0 Å². The largest absolute Gasteiger partial charge is 0.391 e. The molecule has 1 aromatic carbocycles. The van der Waals surface area contributed by atoms with Crippen molar-refractivity contribution >= 4 is 11.6 Å². The number of nitrogens with one attached hydrogen (secondary N) is 1. The number of hydrogen-bond acceptors (Lipinski definition) is 5. The van der Waals surface area contributed by atoms with Crippen molar-refractivity contribution in [3.8, 4) is 0 Å². The summed E-state index contributed by atoms with van der Waals surface area (Å²) in [6, 6.07) is 8.39. The molecule has 1 aromatic heterocycles. The Morgan fingerprint density at radius 3 is 2.75 bits per heavy atom. The van der Waals surface area contributed by atoms with Crippen LogP contribution >= 0.6 is 0 Å². The number of aromatic nitrogens is 2. The Balaban J connectivity index is 1.56. The monoisotopic (exact) mass is 328 g/mol. The van der Waals surface area contributed by atoms with Crippen LogP contribution in [0.1, 0.15) is 30.9 Å². The molecule has 1 aliphatic heterocycles. The predicted octanol–water partition coefficient (Wildman–Crippen LogP) is 2.75. The third-order valence-corrected chi connectivity index (χ3v) is 4.75. The topological polar surface area (TPSA) is 61.3 Å². The summed E-state index contributed by atoms with van der Waals surface area (Å²) in [5.41, 5.74) is 0.985. The zero-order chi connectivity index (χ0) is 16.5. The molecule has 24 heavy (non-hydrogen) atoms. The smallest absolute Gasteiger partial charge is 0.134 e. The van der Waals surface area contributed by atoms with Crippen LogP contribution in [0.3, 0.4) is 0 Å². The molecule has 2 aromatic rings. The van der Waals surface area contributed by atoms with Gasteiger partial charge in [-0.05, 0) is 42.9 Å². The van der Waals surface area contributed by atoms with Crippen LogP contribution in [-0.2, 0) is 0 Å². The molecule has 2 heterocycles. The third-order valence-electron chi connectivity index (χ3n) is 4.75. The Labute approximate surface area is 140 Å². The molecule has 0 spiro atoms. The van der Waals surface area contributed by atoms with E-state index in [-0.39, 0.29) is 11.9 Å². The van der Waals surface area contributed by atoms with Gasteiger partial charge in [0, 0.05) is 19.2 Å². The Kier molecular flexibility index (Phi) is 4.06. The van der Waals surface area contributed by atoms with Crippen molar-refractivity contribution in [1.29, 1.82) is 0 Å². The average Bonchev–Trinajstić information content (AvgIpc) is 3.34. The fourth-order valence-electron chi connectivity index (χ4n) is 3.24. The highest BCUT2D eigenvalue weighted by Crippen LogP contribution is 2.36. The van der Waals surface area contributed by atoms with Crippen LogP contribution in [0.2, 0.25) is 0 Å². The molecule has 1 saturated carbocycles. The van der Waals surface area contributed by atoms with Gasteiger partial charge in [-0.15, -0.1) is 0 Å². The second-order valence-corrected chi connectivity index (χ2v) is 6.69. The highest BCUT2D eigenvalue weighted by Gasteiger charge is 2.33. The summed E-state index contributed by atoms with van der Waals surface area (Å²) in [4.78, 5) is 10.7. The van der Waals surface area contributed by atoms with E-state index in [0.717, 1.165) is 29.7 Å². The van der Waals surface area contributed by atoms with Gasteiger partial charge in [0.1, 0.15) is 23.8 Å². The van der Waals surface area contributed by atoms with Crippen LogP contribution in [0.4, 0.5) is 16.0 Å². The van der Waals surface area contributed by atoms with Crippen molar-refractivity contribution in [2.75, 3.05) is 23.3 Å². The highest BCUT2D eigenvalue weighted by atomic mass is 19.1. The quantitative estimate of drug-likeness (QED) is 0.884. The van der Waals surface area contributed by atoms with E-state index in [1.54, 1.807) is 18.5 Å². The fourth-order valence-corrected chi connectivity index (χ4v) is 3.24. The van der Waals surface area contributed by atoms with E-state index < -0.39 is 6.10 Å². The first kappa shape index (κ1) is 15.3.